The molecule has 3 aromatic rings. The van der Waals surface area contributed by atoms with Crippen molar-refractivity contribution in [1.82, 2.24) is 15.1 Å². The molecular formula is C16H17ClN4O2. The smallest absolute Gasteiger partial charge is 0.295 e. The van der Waals surface area contributed by atoms with Crippen LogP contribution in [0.3, 0.4) is 0 Å². The Kier molecular flexibility index (Phi) is 3.95. The van der Waals surface area contributed by atoms with Crippen molar-refractivity contribution in [3.05, 3.63) is 41.9 Å². The molecule has 2 heterocycles. The van der Waals surface area contributed by atoms with Gasteiger partial charge >= 0.3 is 0 Å². The third kappa shape index (κ3) is 2.64. The van der Waals surface area contributed by atoms with Gasteiger partial charge in [0, 0.05) is 5.56 Å². The van der Waals surface area contributed by atoms with Crippen LogP contribution in [0.15, 0.2) is 39.3 Å². The molecule has 1 aliphatic carbocycles. The summed E-state index contributed by atoms with van der Waals surface area (Å²) in [4.78, 5) is 8.84. The highest BCUT2D eigenvalue weighted by Gasteiger charge is 2.39. The van der Waals surface area contributed by atoms with Crippen LogP contribution in [0.1, 0.15) is 30.8 Å². The molecule has 0 saturated heterocycles. The van der Waals surface area contributed by atoms with E-state index in [1.807, 2.05) is 37.3 Å². The highest BCUT2D eigenvalue weighted by Crippen LogP contribution is 2.38. The Morgan fingerprint density at radius 3 is 2.48 bits per heavy atom. The Bertz CT molecular complexity index is 809. The second kappa shape index (κ2) is 5.79. The number of rotatable bonds is 3. The van der Waals surface area contributed by atoms with Gasteiger partial charge in [-0.3, -0.25) is 0 Å². The molecule has 1 saturated carbocycles. The van der Waals surface area contributed by atoms with Crippen LogP contribution in [-0.4, -0.2) is 15.1 Å². The van der Waals surface area contributed by atoms with E-state index in [1.54, 1.807) is 0 Å². The second-order valence-electron chi connectivity index (χ2n) is 5.73. The van der Waals surface area contributed by atoms with Gasteiger partial charge in [-0.25, -0.2) is 4.98 Å². The van der Waals surface area contributed by atoms with E-state index < -0.39 is 5.54 Å². The van der Waals surface area contributed by atoms with Gasteiger partial charge in [-0.1, -0.05) is 23.4 Å². The molecule has 0 bridgehead atoms. The molecule has 0 unspecified atom stereocenters. The van der Waals surface area contributed by atoms with Gasteiger partial charge in [0.25, 0.3) is 5.89 Å². The maximum absolute atomic E-state index is 6.22. The zero-order chi connectivity index (χ0) is 15.2. The monoisotopic (exact) mass is 332 g/mol. The standard InChI is InChI=1S/C16H16N4O2.ClH/c1-10-12(21-13(18-10)11-6-3-2-4-7-11)14-19-15(20-22-14)16(17)8-5-9-16;/h2-4,6-7H,5,8-9,17H2,1H3;1H. The molecule has 4 rings (SSSR count). The van der Waals surface area contributed by atoms with Crippen molar-refractivity contribution in [2.24, 2.45) is 5.73 Å². The lowest BCUT2D eigenvalue weighted by atomic mass is 9.77. The Morgan fingerprint density at radius 1 is 1.09 bits per heavy atom. The van der Waals surface area contributed by atoms with Crippen molar-refractivity contribution < 1.29 is 8.94 Å². The number of oxazole rings is 1. The third-order valence-corrected chi connectivity index (χ3v) is 4.13. The largest absolute Gasteiger partial charge is 0.431 e. The van der Waals surface area contributed by atoms with Gasteiger partial charge in [0.1, 0.15) is 0 Å². The molecule has 0 spiro atoms. The molecule has 0 radical (unpaired) electrons. The first-order valence-corrected chi connectivity index (χ1v) is 7.32. The number of benzene rings is 1. The summed E-state index contributed by atoms with van der Waals surface area (Å²) in [6, 6.07) is 9.71. The average Bonchev–Trinajstić information content (AvgIpc) is 3.12. The molecule has 1 aliphatic rings. The molecule has 1 aromatic carbocycles. The lowest BCUT2D eigenvalue weighted by Crippen LogP contribution is -2.44. The first-order chi connectivity index (χ1) is 10.7. The SMILES string of the molecule is Cc1nc(-c2ccccc2)oc1-c1nc(C2(N)CCC2)no1.Cl. The van der Waals surface area contributed by atoms with Crippen LogP contribution in [-0.2, 0) is 5.54 Å². The Labute approximate surface area is 139 Å². The maximum atomic E-state index is 6.22. The van der Waals surface area contributed by atoms with E-state index in [2.05, 4.69) is 15.1 Å². The van der Waals surface area contributed by atoms with Gasteiger partial charge in [0.2, 0.25) is 11.7 Å². The number of hydrogen-bond acceptors (Lipinski definition) is 6. The summed E-state index contributed by atoms with van der Waals surface area (Å²) in [5.74, 6) is 1.92. The molecule has 0 atom stereocenters. The van der Waals surface area contributed by atoms with Gasteiger partial charge in [-0.2, -0.15) is 4.98 Å². The van der Waals surface area contributed by atoms with E-state index >= 15 is 0 Å². The summed E-state index contributed by atoms with van der Waals surface area (Å²) in [5, 5.41) is 4.01. The Balaban J connectivity index is 0.00000156. The first kappa shape index (κ1) is 15.7. The topological polar surface area (TPSA) is 91.0 Å². The van der Waals surface area contributed by atoms with Crippen LogP contribution in [0.4, 0.5) is 0 Å². The molecule has 23 heavy (non-hydrogen) atoms. The summed E-state index contributed by atoms with van der Waals surface area (Å²) in [6.45, 7) is 1.86. The van der Waals surface area contributed by atoms with Gasteiger partial charge in [0.05, 0.1) is 11.2 Å². The number of nitrogens with two attached hydrogens (primary N) is 1. The lowest BCUT2D eigenvalue weighted by molar-refractivity contribution is 0.229. The molecular weight excluding hydrogens is 316 g/mol. The van der Waals surface area contributed by atoms with Crippen LogP contribution in [0.25, 0.3) is 23.1 Å². The summed E-state index contributed by atoms with van der Waals surface area (Å²) in [5.41, 5.74) is 7.40. The fourth-order valence-electron chi connectivity index (χ4n) is 2.60. The fourth-order valence-corrected chi connectivity index (χ4v) is 2.60. The lowest BCUT2D eigenvalue weighted by Gasteiger charge is -2.34. The quantitative estimate of drug-likeness (QED) is 0.789. The van der Waals surface area contributed by atoms with E-state index in [9.17, 15) is 0 Å². The summed E-state index contributed by atoms with van der Waals surface area (Å²) < 4.78 is 11.1. The molecule has 7 heteroatoms. The van der Waals surface area contributed by atoms with Gasteiger partial charge in [-0.05, 0) is 38.3 Å². The number of nitrogens with zero attached hydrogens (tertiary/aromatic N) is 3. The minimum Gasteiger partial charge on any atom is -0.431 e. The molecule has 120 valence electrons. The van der Waals surface area contributed by atoms with Crippen LogP contribution in [0, 0.1) is 6.92 Å². The predicted molar refractivity (Wildman–Crippen MR) is 86.9 cm³/mol. The van der Waals surface area contributed by atoms with Crippen molar-refractivity contribution in [3.8, 4) is 23.1 Å². The molecule has 0 amide bonds. The van der Waals surface area contributed by atoms with Gasteiger partial charge < -0.3 is 14.7 Å². The van der Waals surface area contributed by atoms with Crippen molar-refractivity contribution in [2.45, 2.75) is 31.7 Å². The molecule has 6 nitrogen and oxygen atoms in total. The van der Waals surface area contributed by atoms with Crippen LogP contribution in [0.5, 0.6) is 0 Å². The van der Waals surface area contributed by atoms with Crippen LogP contribution >= 0.6 is 12.4 Å². The van der Waals surface area contributed by atoms with E-state index in [4.69, 9.17) is 14.7 Å². The van der Waals surface area contributed by atoms with Gasteiger partial charge in [0.15, 0.2) is 5.82 Å². The normalized spacial score (nSPS) is 15.7. The number of aryl methyl sites for hydroxylation is 1. The predicted octanol–water partition coefficient (Wildman–Crippen LogP) is 3.46. The zero-order valence-electron chi connectivity index (χ0n) is 12.7. The van der Waals surface area contributed by atoms with Gasteiger partial charge in [-0.15, -0.1) is 12.4 Å². The molecule has 2 aromatic heterocycles. The Hall–Kier alpha value is -2.18. The molecule has 1 fully saturated rings. The minimum atomic E-state index is -0.446. The number of aromatic nitrogens is 3. The van der Waals surface area contributed by atoms with E-state index in [-0.39, 0.29) is 12.4 Å². The van der Waals surface area contributed by atoms with Crippen molar-refractivity contribution >= 4 is 12.4 Å². The maximum Gasteiger partial charge on any atom is 0.295 e. The number of hydrogen-bond donors (Lipinski definition) is 1. The van der Waals surface area contributed by atoms with E-state index in [0.29, 0.717) is 29.1 Å². The van der Waals surface area contributed by atoms with Crippen molar-refractivity contribution in [3.63, 3.8) is 0 Å². The third-order valence-electron chi connectivity index (χ3n) is 4.13. The van der Waals surface area contributed by atoms with Crippen molar-refractivity contribution in [1.29, 1.82) is 0 Å². The minimum absolute atomic E-state index is 0. The number of halogens is 1. The summed E-state index contributed by atoms with van der Waals surface area (Å²) in [7, 11) is 0. The highest BCUT2D eigenvalue weighted by atomic mass is 35.5. The highest BCUT2D eigenvalue weighted by molar-refractivity contribution is 5.85. The second-order valence-corrected chi connectivity index (χ2v) is 5.73. The summed E-state index contributed by atoms with van der Waals surface area (Å²) in [6.07, 6.45) is 2.87. The van der Waals surface area contributed by atoms with E-state index in [1.165, 1.54) is 0 Å². The molecule has 0 aliphatic heterocycles. The fraction of sp³-hybridized carbons (Fsp3) is 0.312. The average molecular weight is 333 g/mol. The first-order valence-electron chi connectivity index (χ1n) is 7.32. The van der Waals surface area contributed by atoms with E-state index in [0.717, 1.165) is 24.8 Å². The van der Waals surface area contributed by atoms with Crippen LogP contribution in [0.2, 0.25) is 0 Å². The van der Waals surface area contributed by atoms with Crippen molar-refractivity contribution in [2.75, 3.05) is 0 Å². The summed E-state index contributed by atoms with van der Waals surface area (Å²) >= 11 is 0. The zero-order valence-corrected chi connectivity index (χ0v) is 13.5. The van der Waals surface area contributed by atoms with Crippen LogP contribution < -0.4 is 5.73 Å². The Morgan fingerprint density at radius 2 is 1.83 bits per heavy atom. The molecule has 2 N–H and O–H groups in total.